The van der Waals surface area contributed by atoms with Crippen LogP contribution in [0.25, 0.3) is 0 Å². The van der Waals surface area contributed by atoms with Crippen molar-refractivity contribution in [3.05, 3.63) is 53.6 Å². The molecule has 1 N–H and O–H groups in total. The molecule has 17 heavy (non-hydrogen) atoms. The van der Waals surface area contributed by atoms with Gasteiger partial charge >= 0.3 is 0 Å². The Hall–Kier alpha value is 0.130. The van der Waals surface area contributed by atoms with Gasteiger partial charge in [0.05, 0.1) is 8.81 Å². The van der Waals surface area contributed by atoms with Gasteiger partial charge in [0, 0.05) is 9.35 Å². The number of aliphatic hydroxyl groups excluding tert-OH is 1. The predicted octanol–water partition coefficient (Wildman–Crippen LogP) is 5.32. The van der Waals surface area contributed by atoms with Gasteiger partial charge in [-0.2, -0.15) is 0 Å². The first-order valence-corrected chi connectivity index (χ1v) is 7.66. The maximum Gasteiger partial charge on any atom is 0.113 e. The van der Waals surface area contributed by atoms with Crippen LogP contribution in [-0.4, -0.2) is 5.11 Å². The Kier molecular flexibility index (Phi) is 4.31. The fraction of sp³-hybridized carbons (Fsp3) is 0.167. The molecule has 1 aromatic heterocycles. The minimum atomic E-state index is -0.629. The molecule has 1 nitrogen and oxygen atoms in total. The maximum absolute atomic E-state index is 10.3. The van der Waals surface area contributed by atoms with E-state index >= 15 is 0 Å². The van der Waals surface area contributed by atoms with Crippen LogP contribution in [0.4, 0.5) is 0 Å². The average molecular weight is 397 g/mol. The minimum Gasteiger partial charge on any atom is -0.383 e. The van der Waals surface area contributed by atoms with Gasteiger partial charge in [-0.25, -0.2) is 0 Å². The number of halogens is 3. The number of benzene rings is 1. The number of hydrogen-bond donors (Lipinski definition) is 1. The Morgan fingerprint density at radius 1 is 1.29 bits per heavy atom. The zero-order valence-corrected chi connectivity index (χ0v) is 13.6. The molecule has 1 unspecified atom stereocenters. The zero-order chi connectivity index (χ0) is 12.6. The molecule has 0 aliphatic carbocycles. The Labute approximate surface area is 126 Å². The van der Waals surface area contributed by atoms with Crippen LogP contribution >= 0.6 is 54.8 Å². The molecule has 0 saturated carbocycles. The van der Waals surface area contributed by atoms with E-state index in [1.807, 2.05) is 25.1 Å². The van der Waals surface area contributed by atoms with Crippen LogP contribution in [0.3, 0.4) is 0 Å². The summed E-state index contributed by atoms with van der Waals surface area (Å²) >= 11 is 14.2. The third-order valence-electron chi connectivity index (χ3n) is 2.43. The van der Waals surface area contributed by atoms with Crippen LogP contribution in [0.1, 0.15) is 22.1 Å². The predicted molar refractivity (Wildman–Crippen MR) is 80.0 cm³/mol. The summed E-state index contributed by atoms with van der Waals surface area (Å²) in [4.78, 5) is 0.837. The third kappa shape index (κ3) is 2.93. The molecule has 1 aromatic carbocycles. The molecule has 2 aromatic rings. The highest BCUT2D eigenvalue weighted by Crippen LogP contribution is 2.37. The van der Waals surface area contributed by atoms with Crippen molar-refractivity contribution in [3.63, 3.8) is 0 Å². The molecule has 0 spiro atoms. The first-order valence-electron chi connectivity index (χ1n) is 4.88. The first kappa shape index (κ1) is 13.6. The molecule has 0 aliphatic heterocycles. The molecule has 0 saturated heterocycles. The van der Waals surface area contributed by atoms with Crippen molar-refractivity contribution in [2.24, 2.45) is 0 Å². The van der Waals surface area contributed by atoms with Crippen molar-refractivity contribution < 1.29 is 5.11 Å². The van der Waals surface area contributed by atoms with E-state index in [2.05, 4.69) is 31.9 Å². The highest BCUT2D eigenvalue weighted by Gasteiger charge is 2.15. The van der Waals surface area contributed by atoms with E-state index in [-0.39, 0.29) is 0 Å². The molecule has 0 aliphatic rings. The van der Waals surface area contributed by atoms with E-state index in [0.717, 1.165) is 24.3 Å². The second-order valence-corrected chi connectivity index (χ2v) is 7.34. The van der Waals surface area contributed by atoms with Crippen LogP contribution in [0.15, 0.2) is 32.5 Å². The lowest BCUT2D eigenvalue weighted by atomic mass is 10.1. The Bertz CT molecular complexity index is 534. The highest BCUT2D eigenvalue weighted by molar-refractivity contribution is 9.11. The summed E-state index contributed by atoms with van der Waals surface area (Å²) in [6, 6.07) is 7.61. The second-order valence-electron chi connectivity index (χ2n) is 3.68. The van der Waals surface area contributed by atoms with E-state index in [9.17, 15) is 5.11 Å². The Balaban J connectivity index is 2.36. The van der Waals surface area contributed by atoms with Gasteiger partial charge in [0.2, 0.25) is 0 Å². The Morgan fingerprint density at radius 2 is 2.00 bits per heavy atom. The fourth-order valence-corrected chi connectivity index (χ4v) is 3.51. The minimum absolute atomic E-state index is 0.629. The standard InChI is InChI=1S/C12H9Br2ClOS/c1-6-4-7(2-3-8(6)13)11(16)10-5-9(15)12(14)17-10/h2-5,11,16H,1H3. The van der Waals surface area contributed by atoms with Crippen molar-refractivity contribution in [2.75, 3.05) is 0 Å². The van der Waals surface area contributed by atoms with Crippen LogP contribution in [0, 0.1) is 6.92 Å². The quantitative estimate of drug-likeness (QED) is 0.729. The average Bonchev–Trinajstić information content (AvgIpc) is 2.62. The maximum atomic E-state index is 10.3. The van der Waals surface area contributed by atoms with Crippen molar-refractivity contribution in [1.29, 1.82) is 0 Å². The SMILES string of the molecule is Cc1cc(C(O)c2cc(Cl)c(Br)s2)ccc1Br. The van der Waals surface area contributed by atoms with Gasteiger partial charge in [-0.3, -0.25) is 0 Å². The van der Waals surface area contributed by atoms with Crippen LogP contribution in [0.5, 0.6) is 0 Å². The van der Waals surface area contributed by atoms with Crippen molar-refractivity contribution in [3.8, 4) is 0 Å². The van der Waals surface area contributed by atoms with E-state index < -0.39 is 6.10 Å². The largest absolute Gasteiger partial charge is 0.383 e. The van der Waals surface area contributed by atoms with Crippen molar-refractivity contribution in [1.82, 2.24) is 0 Å². The molecule has 0 fully saturated rings. The highest BCUT2D eigenvalue weighted by atomic mass is 79.9. The number of aliphatic hydroxyl groups is 1. The third-order valence-corrected chi connectivity index (χ3v) is 5.85. The van der Waals surface area contributed by atoms with Gasteiger partial charge in [0.15, 0.2) is 0 Å². The van der Waals surface area contributed by atoms with Crippen molar-refractivity contribution in [2.45, 2.75) is 13.0 Å². The normalized spacial score (nSPS) is 12.8. The van der Waals surface area contributed by atoms with Gasteiger partial charge < -0.3 is 5.11 Å². The van der Waals surface area contributed by atoms with Gasteiger partial charge in [-0.05, 0) is 46.1 Å². The summed E-state index contributed by atoms with van der Waals surface area (Å²) in [6.07, 6.45) is -0.629. The fourth-order valence-electron chi connectivity index (χ4n) is 1.50. The number of rotatable bonds is 2. The van der Waals surface area contributed by atoms with Crippen LogP contribution in [-0.2, 0) is 0 Å². The van der Waals surface area contributed by atoms with Crippen LogP contribution in [0.2, 0.25) is 5.02 Å². The first-order chi connectivity index (χ1) is 7.99. The molecule has 1 atom stereocenters. The lowest BCUT2D eigenvalue weighted by molar-refractivity contribution is 0.224. The molecule has 0 radical (unpaired) electrons. The molecule has 2 rings (SSSR count). The zero-order valence-electron chi connectivity index (χ0n) is 8.88. The van der Waals surface area contributed by atoms with Gasteiger partial charge in [0.1, 0.15) is 6.10 Å². The molecule has 0 bridgehead atoms. The van der Waals surface area contributed by atoms with Gasteiger partial charge in [0.25, 0.3) is 0 Å². The number of aryl methyl sites for hydroxylation is 1. The molecule has 1 heterocycles. The summed E-state index contributed by atoms with van der Waals surface area (Å²) in [6.45, 7) is 2.00. The molecule has 90 valence electrons. The van der Waals surface area contributed by atoms with E-state index in [4.69, 9.17) is 11.6 Å². The summed E-state index contributed by atoms with van der Waals surface area (Å²) in [5.41, 5.74) is 1.97. The van der Waals surface area contributed by atoms with Gasteiger partial charge in [-0.1, -0.05) is 39.7 Å². The summed E-state index contributed by atoms with van der Waals surface area (Å²) in [5, 5.41) is 10.9. The Morgan fingerprint density at radius 3 is 2.53 bits per heavy atom. The van der Waals surface area contributed by atoms with E-state index in [0.29, 0.717) is 5.02 Å². The summed E-state index contributed by atoms with van der Waals surface area (Å²) in [5.74, 6) is 0. The topological polar surface area (TPSA) is 20.2 Å². The summed E-state index contributed by atoms with van der Waals surface area (Å²) < 4.78 is 1.89. The molecular weight excluding hydrogens is 387 g/mol. The van der Waals surface area contributed by atoms with Gasteiger partial charge in [-0.15, -0.1) is 11.3 Å². The molecular formula is C12H9Br2ClOS. The monoisotopic (exact) mass is 394 g/mol. The van der Waals surface area contributed by atoms with E-state index in [1.54, 1.807) is 6.07 Å². The van der Waals surface area contributed by atoms with E-state index in [1.165, 1.54) is 11.3 Å². The second kappa shape index (κ2) is 5.41. The van der Waals surface area contributed by atoms with Crippen LogP contribution < -0.4 is 0 Å². The lowest BCUT2D eigenvalue weighted by Crippen LogP contribution is -1.97. The molecule has 5 heteroatoms. The number of thiophene rings is 1. The number of hydrogen-bond acceptors (Lipinski definition) is 2. The lowest BCUT2D eigenvalue weighted by Gasteiger charge is -2.10. The van der Waals surface area contributed by atoms with Crippen molar-refractivity contribution >= 4 is 54.8 Å². The summed E-state index contributed by atoms with van der Waals surface area (Å²) in [7, 11) is 0. The molecule has 0 amide bonds. The smallest absolute Gasteiger partial charge is 0.113 e.